The van der Waals surface area contributed by atoms with Crippen molar-refractivity contribution in [2.24, 2.45) is 0 Å². The second kappa shape index (κ2) is 5.28. The quantitative estimate of drug-likeness (QED) is 0.728. The summed E-state index contributed by atoms with van der Waals surface area (Å²) < 4.78 is 0. The standard InChI is InChI=1S/C9H12N2O6/c1-2-5-10(8(14)15)9(16)17-11-6(12)3-4-7(11)13/h2-5H2,1H3,(H,14,15). The Balaban J connectivity index is 2.66. The molecular formula is C9H12N2O6. The van der Waals surface area contributed by atoms with Crippen LogP contribution in [0.3, 0.4) is 0 Å². The van der Waals surface area contributed by atoms with Gasteiger partial charge in [0.2, 0.25) is 0 Å². The molecule has 0 radical (unpaired) electrons. The van der Waals surface area contributed by atoms with Crippen LogP contribution in [0.1, 0.15) is 26.2 Å². The van der Waals surface area contributed by atoms with Crippen LogP contribution in [0.15, 0.2) is 0 Å². The highest BCUT2D eigenvalue weighted by molar-refractivity contribution is 6.02. The molecule has 0 unspecified atom stereocenters. The van der Waals surface area contributed by atoms with Crippen LogP contribution in [-0.4, -0.2) is 45.6 Å². The smallest absolute Gasteiger partial charge is 0.444 e. The number of carbonyl (C=O) groups is 4. The highest BCUT2D eigenvalue weighted by Gasteiger charge is 2.35. The SMILES string of the molecule is CCCN(C(=O)O)C(=O)ON1C(=O)CCC1=O. The monoisotopic (exact) mass is 244 g/mol. The average molecular weight is 244 g/mol. The highest BCUT2D eigenvalue weighted by atomic mass is 16.7. The second-order valence-electron chi connectivity index (χ2n) is 3.37. The fourth-order valence-corrected chi connectivity index (χ4v) is 1.27. The van der Waals surface area contributed by atoms with E-state index in [2.05, 4.69) is 4.84 Å². The Kier molecular flexibility index (Phi) is 4.02. The summed E-state index contributed by atoms with van der Waals surface area (Å²) in [7, 11) is 0. The van der Waals surface area contributed by atoms with Crippen molar-refractivity contribution in [2.45, 2.75) is 26.2 Å². The van der Waals surface area contributed by atoms with Gasteiger partial charge in [0.1, 0.15) is 0 Å². The number of rotatable bonds is 3. The largest absolute Gasteiger partial charge is 0.465 e. The fraction of sp³-hybridized carbons (Fsp3) is 0.556. The van der Waals surface area contributed by atoms with Gasteiger partial charge in [0.25, 0.3) is 11.8 Å². The number of hydrogen-bond acceptors (Lipinski definition) is 5. The summed E-state index contributed by atoms with van der Waals surface area (Å²) in [6.45, 7) is 1.61. The molecule has 8 heteroatoms. The number of carboxylic acid groups (broad SMARTS) is 1. The fourth-order valence-electron chi connectivity index (χ4n) is 1.27. The van der Waals surface area contributed by atoms with Gasteiger partial charge in [-0.15, -0.1) is 5.06 Å². The van der Waals surface area contributed by atoms with Gasteiger partial charge in [-0.2, -0.15) is 0 Å². The molecule has 1 N–H and O–H groups in total. The Morgan fingerprint density at radius 1 is 1.35 bits per heavy atom. The number of nitrogens with zero attached hydrogens (tertiary/aromatic N) is 2. The Hall–Kier alpha value is -2.12. The number of amides is 4. The molecule has 0 spiro atoms. The molecule has 1 fully saturated rings. The lowest BCUT2D eigenvalue weighted by atomic mass is 10.4. The minimum absolute atomic E-state index is 0.0348. The molecule has 0 atom stereocenters. The van der Waals surface area contributed by atoms with Crippen molar-refractivity contribution in [3.63, 3.8) is 0 Å². The van der Waals surface area contributed by atoms with E-state index in [9.17, 15) is 19.2 Å². The lowest BCUT2D eigenvalue weighted by Gasteiger charge is -2.18. The van der Waals surface area contributed by atoms with Crippen LogP contribution in [0.4, 0.5) is 9.59 Å². The zero-order valence-electron chi connectivity index (χ0n) is 9.21. The van der Waals surface area contributed by atoms with E-state index in [1.165, 1.54) is 0 Å². The average Bonchev–Trinajstić information content (AvgIpc) is 2.57. The predicted octanol–water partition coefficient (Wildman–Crippen LogP) is 0.577. The van der Waals surface area contributed by atoms with Gasteiger partial charge in [0, 0.05) is 19.4 Å². The molecule has 8 nitrogen and oxygen atoms in total. The molecule has 94 valence electrons. The van der Waals surface area contributed by atoms with Gasteiger partial charge >= 0.3 is 12.2 Å². The molecule has 0 aromatic heterocycles. The molecular weight excluding hydrogens is 232 g/mol. The maximum atomic E-state index is 11.4. The van der Waals surface area contributed by atoms with Gasteiger partial charge in [-0.3, -0.25) is 9.59 Å². The van der Waals surface area contributed by atoms with Crippen molar-refractivity contribution in [2.75, 3.05) is 6.54 Å². The number of hydroxylamine groups is 2. The summed E-state index contributed by atoms with van der Waals surface area (Å²) >= 11 is 0. The van der Waals surface area contributed by atoms with Crippen LogP contribution < -0.4 is 0 Å². The molecule has 1 saturated heterocycles. The first-order chi connectivity index (χ1) is 7.97. The van der Waals surface area contributed by atoms with E-state index in [-0.39, 0.29) is 19.4 Å². The molecule has 0 aromatic carbocycles. The molecule has 0 aromatic rings. The Bertz CT molecular complexity index is 350. The van der Waals surface area contributed by atoms with Crippen molar-refractivity contribution in [1.29, 1.82) is 0 Å². The molecule has 4 amide bonds. The van der Waals surface area contributed by atoms with Crippen LogP contribution in [0.2, 0.25) is 0 Å². The van der Waals surface area contributed by atoms with Crippen LogP contribution in [0, 0.1) is 0 Å². The molecule has 1 rings (SSSR count). The summed E-state index contributed by atoms with van der Waals surface area (Å²) in [6.07, 6.45) is -2.40. The van der Waals surface area contributed by atoms with E-state index in [4.69, 9.17) is 5.11 Å². The van der Waals surface area contributed by atoms with Gasteiger partial charge in [-0.1, -0.05) is 6.92 Å². The van der Waals surface area contributed by atoms with Crippen LogP contribution >= 0.6 is 0 Å². The molecule has 0 bridgehead atoms. The van der Waals surface area contributed by atoms with Gasteiger partial charge in [0.05, 0.1) is 0 Å². The van der Waals surface area contributed by atoms with Gasteiger partial charge < -0.3 is 9.94 Å². The molecule has 1 heterocycles. The van der Waals surface area contributed by atoms with Crippen LogP contribution in [0.25, 0.3) is 0 Å². The van der Waals surface area contributed by atoms with Crippen molar-refractivity contribution in [3.05, 3.63) is 0 Å². The van der Waals surface area contributed by atoms with Crippen molar-refractivity contribution in [3.8, 4) is 0 Å². The van der Waals surface area contributed by atoms with Crippen molar-refractivity contribution >= 4 is 24.0 Å². The van der Waals surface area contributed by atoms with E-state index in [1.54, 1.807) is 6.92 Å². The van der Waals surface area contributed by atoms with Gasteiger partial charge in [-0.25, -0.2) is 14.5 Å². The van der Waals surface area contributed by atoms with Crippen molar-refractivity contribution in [1.82, 2.24) is 9.96 Å². The lowest BCUT2D eigenvalue weighted by molar-refractivity contribution is -0.173. The summed E-state index contributed by atoms with van der Waals surface area (Å²) in [5, 5.41) is 9.03. The van der Waals surface area contributed by atoms with Crippen LogP contribution in [-0.2, 0) is 14.4 Å². The topological polar surface area (TPSA) is 104 Å². The number of carbonyl (C=O) groups excluding carboxylic acids is 3. The molecule has 17 heavy (non-hydrogen) atoms. The third-order valence-electron chi connectivity index (χ3n) is 2.07. The molecule has 0 saturated carbocycles. The summed E-state index contributed by atoms with van der Waals surface area (Å²) in [5.74, 6) is -1.30. The minimum Gasteiger partial charge on any atom is -0.465 e. The van der Waals surface area contributed by atoms with E-state index in [0.29, 0.717) is 16.4 Å². The van der Waals surface area contributed by atoms with E-state index >= 15 is 0 Å². The number of imide groups is 2. The maximum Gasteiger partial charge on any atom is 0.444 e. The number of hydrogen-bond donors (Lipinski definition) is 1. The first-order valence-electron chi connectivity index (χ1n) is 5.05. The van der Waals surface area contributed by atoms with Gasteiger partial charge in [0.15, 0.2) is 0 Å². The zero-order chi connectivity index (χ0) is 13.0. The normalized spacial score (nSPS) is 15.0. The summed E-state index contributed by atoms with van der Waals surface area (Å²) in [4.78, 5) is 49.2. The highest BCUT2D eigenvalue weighted by Crippen LogP contribution is 2.13. The predicted molar refractivity (Wildman–Crippen MR) is 52.6 cm³/mol. The zero-order valence-corrected chi connectivity index (χ0v) is 9.21. The summed E-state index contributed by atoms with van der Waals surface area (Å²) in [6, 6.07) is 0. The minimum atomic E-state index is -1.49. The van der Waals surface area contributed by atoms with Gasteiger partial charge in [-0.05, 0) is 6.42 Å². The summed E-state index contributed by atoms with van der Waals surface area (Å²) in [5.41, 5.74) is 0. The van der Waals surface area contributed by atoms with Crippen molar-refractivity contribution < 1.29 is 29.1 Å². The third kappa shape index (κ3) is 2.92. The first-order valence-corrected chi connectivity index (χ1v) is 5.05. The first kappa shape index (κ1) is 12.9. The van der Waals surface area contributed by atoms with E-state index in [0.717, 1.165) is 0 Å². The lowest BCUT2D eigenvalue weighted by Crippen LogP contribution is -2.42. The molecule has 0 aliphatic carbocycles. The third-order valence-corrected chi connectivity index (χ3v) is 2.07. The molecule has 1 aliphatic rings. The Morgan fingerprint density at radius 3 is 2.29 bits per heavy atom. The maximum absolute atomic E-state index is 11.4. The van der Waals surface area contributed by atoms with E-state index < -0.39 is 24.0 Å². The molecule has 1 aliphatic heterocycles. The van der Waals surface area contributed by atoms with E-state index in [1.807, 2.05) is 0 Å². The second-order valence-corrected chi connectivity index (χ2v) is 3.37. The Labute approximate surface area is 96.7 Å². The Morgan fingerprint density at radius 2 is 1.88 bits per heavy atom. The van der Waals surface area contributed by atoms with Crippen LogP contribution in [0.5, 0.6) is 0 Å².